The highest BCUT2D eigenvalue weighted by atomic mass is 32.2. The molecule has 29 heavy (non-hydrogen) atoms. The van der Waals surface area contributed by atoms with Crippen LogP contribution in [-0.4, -0.2) is 38.7 Å². The van der Waals surface area contributed by atoms with Crippen molar-refractivity contribution in [2.45, 2.75) is 19.4 Å². The Bertz CT molecular complexity index is 1000. The quantitative estimate of drug-likeness (QED) is 0.675. The van der Waals surface area contributed by atoms with Crippen LogP contribution in [0.1, 0.15) is 24.0 Å². The average molecular weight is 418 g/mol. The van der Waals surface area contributed by atoms with Gasteiger partial charge in [-0.05, 0) is 54.3 Å². The van der Waals surface area contributed by atoms with Crippen LogP contribution in [0.2, 0.25) is 0 Å². The second kappa shape index (κ2) is 9.04. The monoisotopic (exact) mass is 418 g/mol. The van der Waals surface area contributed by atoms with Gasteiger partial charge < -0.3 is 10.2 Å². The fourth-order valence-corrected chi connectivity index (χ4v) is 3.57. The van der Waals surface area contributed by atoms with Gasteiger partial charge in [-0.25, -0.2) is 17.8 Å². The number of hydrogen-bond acceptors (Lipinski definition) is 5. The first-order chi connectivity index (χ1) is 13.8. The molecule has 1 amide bonds. The minimum atomic E-state index is -3.56. The van der Waals surface area contributed by atoms with Crippen LogP contribution < -0.4 is 14.9 Å². The van der Waals surface area contributed by atoms with Crippen molar-refractivity contribution >= 4 is 33.5 Å². The number of nitrogens with one attached hydrogen (secondary N) is 2. The van der Waals surface area contributed by atoms with Crippen LogP contribution in [0, 0.1) is 5.82 Å². The van der Waals surface area contributed by atoms with Crippen molar-refractivity contribution in [2.24, 2.45) is 0 Å². The van der Waals surface area contributed by atoms with Gasteiger partial charge in [-0.1, -0.05) is 6.07 Å². The summed E-state index contributed by atoms with van der Waals surface area (Å²) in [6.07, 6.45) is 8.09. The molecule has 0 spiro atoms. The molecule has 3 rings (SSSR count). The number of hydrogen-bond donors (Lipinski definition) is 2. The number of aromatic nitrogens is 1. The van der Waals surface area contributed by atoms with E-state index in [0.717, 1.165) is 30.7 Å². The molecule has 1 aromatic heterocycles. The predicted octanol–water partition coefficient (Wildman–Crippen LogP) is 2.52. The first kappa shape index (κ1) is 20.8. The van der Waals surface area contributed by atoms with Crippen LogP contribution in [0.5, 0.6) is 0 Å². The molecule has 0 radical (unpaired) electrons. The molecule has 2 aromatic rings. The Kier molecular flexibility index (Phi) is 6.48. The Labute approximate surface area is 169 Å². The maximum Gasteiger partial charge on any atom is 0.244 e. The number of nitrogens with zero attached hydrogens (tertiary/aromatic N) is 2. The Balaban J connectivity index is 1.52. The summed E-state index contributed by atoms with van der Waals surface area (Å²) in [6.45, 7) is 2.17. The van der Waals surface area contributed by atoms with E-state index >= 15 is 0 Å². The van der Waals surface area contributed by atoms with Crippen molar-refractivity contribution in [1.82, 2.24) is 10.3 Å². The Morgan fingerprint density at radius 3 is 2.62 bits per heavy atom. The van der Waals surface area contributed by atoms with Crippen molar-refractivity contribution in [3.63, 3.8) is 0 Å². The van der Waals surface area contributed by atoms with E-state index in [-0.39, 0.29) is 18.1 Å². The number of carbonyl (C=O) groups is 1. The molecule has 1 aliphatic rings. The molecule has 0 bridgehead atoms. The molecule has 0 aliphatic carbocycles. The third kappa shape index (κ3) is 6.28. The molecule has 1 saturated heterocycles. The van der Waals surface area contributed by atoms with E-state index in [1.54, 1.807) is 18.3 Å². The topological polar surface area (TPSA) is 91.4 Å². The van der Waals surface area contributed by atoms with E-state index in [1.807, 2.05) is 12.1 Å². The number of halogens is 1. The van der Waals surface area contributed by atoms with Gasteiger partial charge in [0.25, 0.3) is 0 Å². The summed E-state index contributed by atoms with van der Waals surface area (Å²) < 4.78 is 38.4. The van der Waals surface area contributed by atoms with Crippen molar-refractivity contribution in [3.8, 4) is 0 Å². The van der Waals surface area contributed by atoms with Gasteiger partial charge in [0.15, 0.2) is 0 Å². The van der Waals surface area contributed by atoms with Crippen LogP contribution >= 0.6 is 0 Å². The van der Waals surface area contributed by atoms with Crippen molar-refractivity contribution in [1.29, 1.82) is 0 Å². The standard InChI is InChI=1S/C20H23FN4O3S/c1-29(27,28)24-18-7-4-16(12-17(18)21)14-23-20(26)9-6-15-5-8-19(22-13-15)25-10-2-3-11-25/h4-9,12-13,24H,2-3,10-11,14H2,1H3,(H,23,26)/b9-6+. The molecule has 2 heterocycles. The minimum Gasteiger partial charge on any atom is -0.357 e. The zero-order valence-corrected chi connectivity index (χ0v) is 16.9. The average Bonchev–Trinajstić information content (AvgIpc) is 3.21. The fraction of sp³-hybridized carbons (Fsp3) is 0.300. The molecule has 2 N–H and O–H groups in total. The third-order valence-corrected chi connectivity index (χ3v) is 5.01. The lowest BCUT2D eigenvalue weighted by Gasteiger charge is -2.15. The lowest BCUT2D eigenvalue weighted by molar-refractivity contribution is -0.116. The van der Waals surface area contributed by atoms with Crippen molar-refractivity contribution in [3.05, 3.63) is 59.5 Å². The molecular formula is C20H23FN4O3S. The summed E-state index contributed by atoms with van der Waals surface area (Å²) in [5.41, 5.74) is 1.19. The highest BCUT2D eigenvalue weighted by Crippen LogP contribution is 2.18. The molecule has 1 aliphatic heterocycles. The number of rotatable bonds is 7. The summed E-state index contributed by atoms with van der Waals surface area (Å²) in [6, 6.07) is 7.90. The van der Waals surface area contributed by atoms with E-state index in [1.165, 1.54) is 31.1 Å². The van der Waals surface area contributed by atoms with E-state index in [0.29, 0.717) is 5.56 Å². The number of carbonyl (C=O) groups excluding carboxylic acids is 1. The second-order valence-electron chi connectivity index (χ2n) is 6.88. The molecule has 9 heteroatoms. The third-order valence-electron chi connectivity index (χ3n) is 4.42. The van der Waals surface area contributed by atoms with Gasteiger partial charge in [-0.3, -0.25) is 9.52 Å². The van der Waals surface area contributed by atoms with E-state index < -0.39 is 15.8 Å². The molecule has 1 aromatic carbocycles. The smallest absolute Gasteiger partial charge is 0.244 e. The lowest BCUT2D eigenvalue weighted by atomic mass is 10.2. The van der Waals surface area contributed by atoms with Gasteiger partial charge in [0.05, 0.1) is 11.9 Å². The van der Waals surface area contributed by atoms with Crippen molar-refractivity contribution in [2.75, 3.05) is 29.0 Å². The number of pyridine rings is 1. The molecule has 1 fully saturated rings. The lowest BCUT2D eigenvalue weighted by Crippen LogP contribution is -2.20. The first-order valence-electron chi connectivity index (χ1n) is 9.23. The summed E-state index contributed by atoms with van der Waals surface area (Å²) in [5.74, 6) is -0.0887. The SMILES string of the molecule is CS(=O)(=O)Nc1ccc(CNC(=O)/C=C/c2ccc(N3CCCC3)nc2)cc1F. The maximum absolute atomic E-state index is 14.0. The van der Waals surface area contributed by atoms with Crippen LogP contribution in [0.4, 0.5) is 15.9 Å². The summed E-state index contributed by atoms with van der Waals surface area (Å²) >= 11 is 0. The predicted molar refractivity (Wildman–Crippen MR) is 111 cm³/mol. The van der Waals surface area contributed by atoms with Gasteiger partial charge in [0.2, 0.25) is 15.9 Å². The zero-order valence-electron chi connectivity index (χ0n) is 16.1. The fourth-order valence-electron chi connectivity index (χ4n) is 3.00. The Morgan fingerprint density at radius 1 is 1.24 bits per heavy atom. The highest BCUT2D eigenvalue weighted by molar-refractivity contribution is 7.92. The molecule has 0 atom stereocenters. The summed E-state index contributed by atoms with van der Waals surface area (Å²) in [7, 11) is -3.56. The normalized spacial score (nSPS) is 14.3. The van der Waals surface area contributed by atoms with Crippen LogP contribution in [0.25, 0.3) is 6.08 Å². The second-order valence-corrected chi connectivity index (χ2v) is 8.63. The highest BCUT2D eigenvalue weighted by Gasteiger charge is 2.12. The molecule has 0 saturated carbocycles. The molecule has 0 unspecified atom stereocenters. The number of benzene rings is 1. The van der Waals surface area contributed by atoms with Crippen LogP contribution in [0.15, 0.2) is 42.6 Å². The molecular weight excluding hydrogens is 395 g/mol. The zero-order chi connectivity index (χ0) is 20.9. The first-order valence-corrected chi connectivity index (χ1v) is 11.1. The largest absolute Gasteiger partial charge is 0.357 e. The van der Waals surface area contributed by atoms with E-state index in [2.05, 4.69) is 19.9 Å². The minimum absolute atomic E-state index is 0.116. The van der Waals surface area contributed by atoms with Crippen LogP contribution in [0.3, 0.4) is 0 Å². The van der Waals surface area contributed by atoms with Gasteiger partial charge >= 0.3 is 0 Å². The Hall–Kier alpha value is -2.94. The van der Waals surface area contributed by atoms with E-state index in [9.17, 15) is 17.6 Å². The van der Waals surface area contributed by atoms with Gasteiger partial charge in [0, 0.05) is 31.9 Å². The number of sulfonamides is 1. The number of amides is 1. The van der Waals surface area contributed by atoms with Crippen molar-refractivity contribution < 1.29 is 17.6 Å². The Morgan fingerprint density at radius 2 is 2.00 bits per heavy atom. The van der Waals surface area contributed by atoms with Gasteiger partial charge in [-0.2, -0.15) is 0 Å². The molecule has 7 nitrogen and oxygen atoms in total. The van der Waals surface area contributed by atoms with E-state index in [4.69, 9.17) is 0 Å². The van der Waals surface area contributed by atoms with Gasteiger partial charge in [0.1, 0.15) is 11.6 Å². The molecule has 154 valence electrons. The summed E-state index contributed by atoms with van der Waals surface area (Å²) in [4.78, 5) is 18.7. The van der Waals surface area contributed by atoms with Gasteiger partial charge in [-0.15, -0.1) is 0 Å². The van der Waals surface area contributed by atoms with Crippen LogP contribution in [-0.2, 0) is 21.4 Å². The maximum atomic E-state index is 14.0. The summed E-state index contributed by atoms with van der Waals surface area (Å²) in [5, 5.41) is 2.66. The number of anilines is 2.